The molecule has 0 aliphatic rings. The molecular weight excluding hydrogens is 246 g/mol. The maximum atomic E-state index is 6.34. The van der Waals surface area contributed by atoms with E-state index < -0.39 is 0 Å². The van der Waals surface area contributed by atoms with E-state index >= 15 is 0 Å². The number of hydrogen-bond acceptors (Lipinski definition) is 2. The summed E-state index contributed by atoms with van der Waals surface area (Å²) in [6.07, 6.45) is 0. The minimum absolute atomic E-state index is 0.0126. The third-order valence-electron chi connectivity index (χ3n) is 3.49. The Morgan fingerprint density at radius 2 is 1.65 bits per heavy atom. The maximum absolute atomic E-state index is 6.34. The number of hydrogen-bond donors (Lipinski definition) is 1. The Kier molecular flexibility index (Phi) is 3.63. The number of imidazole rings is 1. The lowest BCUT2D eigenvalue weighted by molar-refractivity contribution is 0.509. The van der Waals surface area contributed by atoms with Gasteiger partial charge in [-0.15, -0.1) is 0 Å². The van der Waals surface area contributed by atoms with Crippen LogP contribution in [0.5, 0.6) is 0 Å². The Morgan fingerprint density at radius 1 is 1.10 bits per heavy atom. The average Bonchev–Trinajstić information content (AvgIpc) is 2.64. The van der Waals surface area contributed by atoms with Gasteiger partial charge in [0.2, 0.25) is 0 Å². The summed E-state index contributed by atoms with van der Waals surface area (Å²) in [5, 5.41) is 0. The van der Waals surface area contributed by atoms with Crippen molar-refractivity contribution in [2.24, 2.45) is 0 Å². The highest BCUT2D eigenvalue weighted by Crippen LogP contribution is 2.32. The number of nitrogens with two attached hydrogens (primary N) is 1. The number of nitrogen functional groups attached to an aromatic ring is 1. The first-order chi connectivity index (χ1) is 9.24. The lowest BCUT2D eigenvalue weighted by Crippen LogP contribution is -2.19. The highest BCUT2D eigenvalue weighted by Gasteiger charge is 2.24. The summed E-state index contributed by atoms with van der Waals surface area (Å²) in [5.74, 6) is 1.81. The summed E-state index contributed by atoms with van der Waals surface area (Å²) < 4.78 is 2.12. The quantitative estimate of drug-likeness (QED) is 0.895. The molecule has 108 valence electrons. The molecule has 2 rings (SSSR count). The number of rotatable bonds is 2. The van der Waals surface area contributed by atoms with Crippen molar-refractivity contribution in [2.75, 3.05) is 5.73 Å². The van der Waals surface area contributed by atoms with Gasteiger partial charge < -0.3 is 10.3 Å². The van der Waals surface area contributed by atoms with E-state index in [9.17, 15) is 0 Å². The zero-order valence-corrected chi connectivity index (χ0v) is 13.4. The van der Waals surface area contributed by atoms with Crippen molar-refractivity contribution in [1.82, 2.24) is 9.55 Å². The molecule has 0 aliphatic carbocycles. The van der Waals surface area contributed by atoms with Crippen LogP contribution in [0.4, 0.5) is 5.82 Å². The molecule has 1 aromatic heterocycles. The first-order valence-corrected chi connectivity index (χ1v) is 7.19. The van der Waals surface area contributed by atoms with Gasteiger partial charge in [-0.2, -0.15) is 0 Å². The zero-order valence-electron chi connectivity index (χ0n) is 13.4. The van der Waals surface area contributed by atoms with Gasteiger partial charge in [-0.3, -0.25) is 0 Å². The summed E-state index contributed by atoms with van der Waals surface area (Å²) in [5.41, 5.74) is 10.8. The molecule has 0 bridgehead atoms. The second-order valence-corrected chi connectivity index (χ2v) is 6.54. The van der Waals surface area contributed by atoms with Gasteiger partial charge in [0.1, 0.15) is 17.3 Å². The van der Waals surface area contributed by atoms with Crippen molar-refractivity contribution in [3.63, 3.8) is 0 Å². The molecule has 0 amide bonds. The molecule has 20 heavy (non-hydrogen) atoms. The van der Waals surface area contributed by atoms with E-state index in [1.54, 1.807) is 0 Å². The summed E-state index contributed by atoms with van der Waals surface area (Å²) in [4.78, 5) is 4.84. The van der Waals surface area contributed by atoms with Crippen LogP contribution >= 0.6 is 0 Å². The van der Waals surface area contributed by atoms with E-state index in [0.29, 0.717) is 0 Å². The van der Waals surface area contributed by atoms with Crippen molar-refractivity contribution in [3.05, 3.63) is 35.2 Å². The van der Waals surface area contributed by atoms with Gasteiger partial charge in [-0.25, -0.2) is 4.98 Å². The van der Waals surface area contributed by atoms with Crippen molar-refractivity contribution in [2.45, 2.75) is 53.5 Å². The van der Waals surface area contributed by atoms with Crippen molar-refractivity contribution >= 4 is 5.82 Å². The minimum Gasteiger partial charge on any atom is -0.383 e. The van der Waals surface area contributed by atoms with Crippen LogP contribution in [0.1, 0.15) is 44.6 Å². The molecule has 0 aliphatic heterocycles. The summed E-state index contributed by atoms with van der Waals surface area (Å²) >= 11 is 0. The van der Waals surface area contributed by atoms with Crippen LogP contribution in [0, 0.1) is 13.8 Å². The molecule has 2 N–H and O–H groups in total. The van der Waals surface area contributed by atoms with E-state index in [1.807, 2.05) is 0 Å². The van der Waals surface area contributed by atoms with Crippen LogP contribution < -0.4 is 5.73 Å². The lowest BCUT2D eigenvalue weighted by atomic mass is 9.95. The highest BCUT2D eigenvalue weighted by molar-refractivity contribution is 5.72. The Balaban J connectivity index is 2.66. The Labute approximate surface area is 121 Å². The lowest BCUT2D eigenvalue weighted by Gasteiger charge is -2.19. The molecule has 0 radical (unpaired) electrons. The topological polar surface area (TPSA) is 43.8 Å². The fourth-order valence-electron chi connectivity index (χ4n) is 2.68. The van der Waals surface area contributed by atoms with Crippen LogP contribution in [-0.2, 0) is 12.0 Å². The number of benzene rings is 1. The second-order valence-electron chi connectivity index (χ2n) is 6.54. The molecule has 1 heterocycles. The molecule has 1 aromatic carbocycles. The molecular formula is C17H25N3. The molecule has 0 fully saturated rings. The molecule has 0 atom stereocenters. The first-order valence-electron chi connectivity index (χ1n) is 7.19. The maximum Gasteiger partial charge on any atom is 0.131 e. The summed E-state index contributed by atoms with van der Waals surface area (Å²) in [6, 6.07) is 6.47. The molecule has 2 aromatic rings. The predicted molar refractivity (Wildman–Crippen MR) is 85.9 cm³/mol. The van der Waals surface area contributed by atoms with Gasteiger partial charge in [-0.1, -0.05) is 38.0 Å². The average molecular weight is 271 g/mol. The molecule has 3 heteroatoms. The number of nitrogens with zero attached hydrogens (tertiary/aromatic N) is 2. The third kappa shape index (κ3) is 2.58. The fraction of sp³-hybridized carbons (Fsp3) is 0.471. The van der Waals surface area contributed by atoms with Crippen molar-refractivity contribution < 1.29 is 0 Å². The number of aryl methyl sites for hydroxylation is 2. The van der Waals surface area contributed by atoms with E-state index in [2.05, 4.69) is 64.3 Å². The molecule has 0 saturated carbocycles. The normalized spacial score (nSPS) is 11.9. The van der Waals surface area contributed by atoms with Gasteiger partial charge in [0.05, 0.1) is 0 Å². The highest BCUT2D eigenvalue weighted by atomic mass is 15.1. The molecule has 0 unspecified atom stereocenters. The van der Waals surface area contributed by atoms with Crippen LogP contribution in [-0.4, -0.2) is 9.55 Å². The van der Waals surface area contributed by atoms with Gasteiger partial charge in [0.15, 0.2) is 0 Å². The van der Waals surface area contributed by atoms with Crippen LogP contribution in [0.25, 0.3) is 11.3 Å². The first kappa shape index (κ1) is 14.6. The zero-order chi connectivity index (χ0) is 15.1. The predicted octanol–water partition coefficient (Wildman–Crippen LogP) is 4.07. The monoisotopic (exact) mass is 271 g/mol. The van der Waals surface area contributed by atoms with E-state index in [0.717, 1.165) is 29.4 Å². The molecule has 0 spiro atoms. The third-order valence-corrected chi connectivity index (χ3v) is 3.49. The molecule has 0 saturated heterocycles. The number of anilines is 1. The Hall–Kier alpha value is -1.77. The fourth-order valence-corrected chi connectivity index (χ4v) is 2.68. The Bertz CT molecular complexity index is 610. The standard InChI is InChI=1S/C17H25N3/c1-7-20-15(18)14(19-16(20)17(4,5)6)13-9-11(2)8-12(3)10-13/h8-10H,7,18H2,1-6H3. The van der Waals surface area contributed by atoms with Crippen LogP contribution in [0.2, 0.25) is 0 Å². The Morgan fingerprint density at radius 3 is 2.05 bits per heavy atom. The van der Waals surface area contributed by atoms with Gasteiger partial charge in [0, 0.05) is 17.5 Å². The van der Waals surface area contributed by atoms with Crippen LogP contribution in [0.3, 0.4) is 0 Å². The van der Waals surface area contributed by atoms with Gasteiger partial charge in [-0.05, 0) is 32.9 Å². The van der Waals surface area contributed by atoms with E-state index in [1.165, 1.54) is 11.1 Å². The SMILES string of the molecule is CCn1c(C(C)(C)C)nc(-c2cc(C)cc(C)c2)c1N. The molecule has 3 nitrogen and oxygen atoms in total. The summed E-state index contributed by atoms with van der Waals surface area (Å²) in [6.45, 7) is 13.7. The largest absolute Gasteiger partial charge is 0.383 e. The van der Waals surface area contributed by atoms with Crippen molar-refractivity contribution in [1.29, 1.82) is 0 Å². The van der Waals surface area contributed by atoms with Crippen LogP contribution in [0.15, 0.2) is 18.2 Å². The summed E-state index contributed by atoms with van der Waals surface area (Å²) in [7, 11) is 0. The second kappa shape index (κ2) is 4.97. The van der Waals surface area contributed by atoms with Crippen molar-refractivity contribution in [3.8, 4) is 11.3 Å². The number of aromatic nitrogens is 2. The minimum atomic E-state index is -0.0126. The van der Waals surface area contributed by atoms with Gasteiger partial charge >= 0.3 is 0 Å². The smallest absolute Gasteiger partial charge is 0.131 e. The van der Waals surface area contributed by atoms with E-state index in [-0.39, 0.29) is 5.41 Å². The van der Waals surface area contributed by atoms with E-state index in [4.69, 9.17) is 10.7 Å². The van der Waals surface area contributed by atoms with Gasteiger partial charge in [0.25, 0.3) is 0 Å².